The predicted molar refractivity (Wildman–Crippen MR) is 71.3 cm³/mol. The maximum Gasteiger partial charge on any atom is 0.265 e. The molecule has 0 fully saturated rings. The molecule has 0 saturated carbocycles. The minimum Gasteiger partial charge on any atom is -0.385 e. The minimum absolute atomic E-state index is 0.0944. The molecule has 0 saturated heterocycles. The second kappa shape index (κ2) is 6.91. The molecule has 96 valence electrons. The van der Waals surface area contributed by atoms with Gasteiger partial charge in [0.15, 0.2) is 0 Å². The van der Waals surface area contributed by atoms with Gasteiger partial charge in [-0.3, -0.25) is 4.79 Å². The van der Waals surface area contributed by atoms with E-state index in [1.807, 2.05) is 0 Å². The molecule has 1 heterocycles. The van der Waals surface area contributed by atoms with Gasteiger partial charge in [0.25, 0.3) is 5.56 Å². The van der Waals surface area contributed by atoms with Crippen LogP contribution in [-0.2, 0) is 17.6 Å². The molecule has 1 N–H and O–H groups in total. The van der Waals surface area contributed by atoms with Crippen LogP contribution < -0.4 is 5.56 Å². The van der Waals surface area contributed by atoms with Crippen molar-refractivity contribution in [1.82, 2.24) is 9.97 Å². The van der Waals surface area contributed by atoms with Crippen LogP contribution in [0.25, 0.3) is 0 Å². The summed E-state index contributed by atoms with van der Waals surface area (Å²) in [6.07, 6.45) is 2.41. The van der Waals surface area contributed by atoms with E-state index in [0.717, 1.165) is 30.8 Å². The molecule has 0 spiro atoms. The molecule has 1 rings (SSSR count). The summed E-state index contributed by atoms with van der Waals surface area (Å²) in [5.41, 5.74) is 0.749. The second-order valence-corrected chi connectivity index (χ2v) is 5.26. The van der Waals surface area contributed by atoms with Gasteiger partial charge in [0, 0.05) is 20.1 Å². The van der Waals surface area contributed by atoms with Gasteiger partial charge in [-0.1, -0.05) is 13.8 Å². The quantitative estimate of drug-likeness (QED) is 0.821. The van der Waals surface area contributed by atoms with Crippen LogP contribution >= 0.6 is 15.9 Å². The lowest BCUT2D eigenvalue weighted by Crippen LogP contribution is -2.17. The first-order valence-electron chi connectivity index (χ1n) is 5.81. The Morgan fingerprint density at radius 2 is 2.18 bits per heavy atom. The summed E-state index contributed by atoms with van der Waals surface area (Å²) in [6, 6.07) is 0. The van der Waals surface area contributed by atoms with Crippen molar-refractivity contribution in [3.63, 3.8) is 0 Å². The Morgan fingerprint density at radius 1 is 1.47 bits per heavy atom. The van der Waals surface area contributed by atoms with Crippen LogP contribution in [0.4, 0.5) is 0 Å². The predicted octanol–water partition coefficient (Wildman–Crippen LogP) is 2.31. The highest BCUT2D eigenvalue weighted by atomic mass is 79.9. The zero-order valence-electron chi connectivity index (χ0n) is 10.5. The Morgan fingerprint density at radius 3 is 2.76 bits per heavy atom. The number of halogens is 1. The maximum atomic E-state index is 11.7. The third kappa shape index (κ3) is 4.60. The average Bonchev–Trinajstić information content (AvgIpc) is 2.25. The second-order valence-electron chi connectivity index (χ2n) is 4.47. The van der Waals surface area contributed by atoms with Gasteiger partial charge in [0.2, 0.25) is 0 Å². The first kappa shape index (κ1) is 14.4. The third-order valence-electron chi connectivity index (χ3n) is 2.34. The number of hydrogen-bond donors (Lipinski definition) is 1. The lowest BCUT2D eigenvalue weighted by Gasteiger charge is -2.08. The van der Waals surface area contributed by atoms with Crippen LogP contribution in [0.3, 0.4) is 0 Å². The Labute approximate surface area is 110 Å². The van der Waals surface area contributed by atoms with E-state index in [9.17, 15) is 4.79 Å². The minimum atomic E-state index is -0.0944. The van der Waals surface area contributed by atoms with Crippen LogP contribution in [0.2, 0.25) is 0 Å². The van der Waals surface area contributed by atoms with Crippen LogP contribution in [0, 0.1) is 5.92 Å². The highest BCUT2D eigenvalue weighted by Crippen LogP contribution is 2.14. The van der Waals surface area contributed by atoms with Gasteiger partial charge in [-0.05, 0) is 34.7 Å². The van der Waals surface area contributed by atoms with Crippen molar-refractivity contribution in [2.45, 2.75) is 33.1 Å². The van der Waals surface area contributed by atoms with E-state index in [-0.39, 0.29) is 5.56 Å². The summed E-state index contributed by atoms with van der Waals surface area (Å²) in [5.74, 6) is 1.22. The van der Waals surface area contributed by atoms with Gasteiger partial charge in [0.1, 0.15) is 10.3 Å². The van der Waals surface area contributed by atoms with E-state index in [1.54, 1.807) is 7.11 Å². The van der Waals surface area contributed by atoms with Crippen LogP contribution in [0.5, 0.6) is 0 Å². The van der Waals surface area contributed by atoms with Crippen molar-refractivity contribution in [2.24, 2.45) is 5.92 Å². The van der Waals surface area contributed by atoms with Gasteiger partial charge in [0.05, 0.1) is 5.69 Å². The molecular formula is C12H19BrN2O2. The third-order valence-corrected chi connectivity index (χ3v) is 3.16. The van der Waals surface area contributed by atoms with Crippen molar-refractivity contribution in [2.75, 3.05) is 13.7 Å². The van der Waals surface area contributed by atoms with Gasteiger partial charge < -0.3 is 9.72 Å². The normalized spacial score (nSPS) is 11.1. The van der Waals surface area contributed by atoms with Gasteiger partial charge in [-0.15, -0.1) is 0 Å². The molecule has 17 heavy (non-hydrogen) atoms. The number of methoxy groups -OCH3 is 1. The smallest absolute Gasteiger partial charge is 0.265 e. The van der Waals surface area contributed by atoms with Crippen LogP contribution in [0.15, 0.2) is 9.27 Å². The number of nitrogens with zero attached hydrogens (tertiary/aromatic N) is 1. The summed E-state index contributed by atoms with van der Waals surface area (Å²) in [7, 11) is 1.67. The SMILES string of the molecule is COCCCc1nc(CC(C)C)c(Br)c(=O)[nH]1. The van der Waals surface area contributed by atoms with E-state index in [2.05, 4.69) is 39.7 Å². The number of aromatic nitrogens is 2. The summed E-state index contributed by atoms with van der Waals surface area (Å²) >= 11 is 3.29. The monoisotopic (exact) mass is 302 g/mol. The molecule has 0 unspecified atom stereocenters. The summed E-state index contributed by atoms with van der Waals surface area (Å²) in [4.78, 5) is 19.0. The van der Waals surface area contributed by atoms with E-state index in [1.165, 1.54) is 0 Å². The zero-order valence-corrected chi connectivity index (χ0v) is 12.1. The maximum absolute atomic E-state index is 11.7. The largest absolute Gasteiger partial charge is 0.385 e. The molecule has 1 aromatic rings. The fourth-order valence-corrected chi connectivity index (χ4v) is 1.93. The number of nitrogens with one attached hydrogen (secondary N) is 1. The molecular weight excluding hydrogens is 284 g/mol. The molecule has 0 aliphatic rings. The van der Waals surface area contributed by atoms with E-state index in [0.29, 0.717) is 17.0 Å². The lowest BCUT2D eigenvalue weighted by atomic mass is 10.1. The van der Waals surface area contributed by atoms with E-state index in [4.69, 9.17) is 4.74 Å². The number of hydrogen-bond acceptors (Lipinski definition) is 3. The van der Waals surface area contributed by atoms with Crippen molar-refractivity contribution >= 4 is 15.9 Å². The molecule has 0 amide bonds. The lowest BCUT2D eigenvalue weighted by molar-refractivity contribution is 0.194. The van der Waals surface area contributed by atoms with Crippen molar-refractivity contribution in [1.29, 1.82) is 0 Å². The number of aromatic amines is 1. The Balaban J connectivity index is 2.86. The average molecular weight is 303 g/mol. The standard InChI is InChI=1S/C12H19BrN2O2/c1-8(2)7-9-11(13)12(16)15-10(14-9)5-4-6-17-3/h8H,4-7H2,1-3H3,(H,14,15,16). The summed E-state index contributed by atoms with van der Waals surface area (Å²) in [6.45, 7) is 4.90. The molecule has 0 bridgehead atoms. The molecule has 0 aliphatic heterocycles. The van der Waals surface area contributed by atoms with E-state index < -0.39 is 0 Å². The highest BCUT2D eigenvalue weighted by Gasteiger charge is 2.10. The first-order valence-corrected chi connectivity index (χ1v) is 6.60. The number of ether oxygens (including phenoxy) is 1. The van der Waals surface area contributed by atoms with Crippen molar-refractivity contribution in [3.8, 4) is 0 Å². The van der Waals surface area contributed by atoms with Gasteiger partial charge in [-0.25, -0.2) is 4.98 Å². The molecule has 0 atom stereocenters. The number of H-pyrrole nitrogens is 1. The topological polar surface area (TPSA) is 55.0 Å². The van der Waals surface area contributed by atoms with E-state index >= 15 is 0 Å². The van der Waals surface area contributed by atoms with Crippen molar-refractivity contribution in [3.05, 3.63) is 26.3 Å². The molecule has 0 radical (unpaired) electrons. The van der Waals surface area contributed by atoms with Gasteiger partial charge >= 0.3 is 0 Å². The Bertz CT molecular complexity index is 415. The van der Waals surface area contributed by atoms with Crippen molar-refractivity contribution < 1.29 is 4.74 Å². The zero-order chi connectivity index (χ0) is 12.8. The van der Waals surface area contributed by atoms with Gasteiger partial charge in [-0.2, -0.15) is 0 Å². The molecule has 0 aromatic carbocycles. The Kier molecular flexibility index (Phi) is 5.85. The molecule has 4 nitrogen and oxygen atoms in total. The fourth-order valence-electron chi connectivity index (χ4n) is 1.58. The first-order chi connectivity index (χ1) is 8.04. The molecule has 1 aromatic heterocycles. The summed E-state index contributed by atoms with van der Waals surface area (Å²) < 4.78 is 5.54. The Hall–Kier alpha value is -0.680. The van der Waals surface area contributed by atoms with Crippen LogP contribution in [-0.4, -0.2) is 23.7 Å². The molecule has 5 heteroatoms. The fraction of sp³-hybridized carbons (Fsp3) is 0.667. The molecule has 0 aliphatic carbocycles. The van der Waals surface area contributed by atoms with Crippen LogP contribution in [0.1, 0.15) is 31.8 Å². The highest BCUT2D eigenvalue weighted by molar-refractivity contribution is 9.10. The number of aryl methyl sites for hydroxylation is 1. The summed E-state index contributed by atoms with van der Waals surface area (Å²) in [5, 5.41) is 0. The number of rotatable bonds is 6.